The lowest BCUT2D eigenvalue weighted by Crippen LogP contribution is -2.01. The standard InChI is InChI=1S/C25H20ClN5O4S/c1-3-30-23(16-7-6-8-18(26)13-16)28-29-25(30)36-22-12-11-19(31(33)34)14-17(22)15-27-21-10-5-4-9-20(21)24(32)35-2/h4-15H,3H2,1-2H3. The number of non-ortho nitro benzene ring substituents is 1. The predicted octanol–water partition coefficient (Wildman–Crippen LogP) is 6.22. The molecule has 0 saturated carbocycles. The Morgan fingerprint density at radius 1 is 1.17 bits per heavy atom. The number of nitro benzene ring substituents is 1. The number of aliphatic imine (C=N–C) groups is 1. The van der Waals surface area contributed by atoms with E-state index >= 15 is 0 Å². The van der Waals surface area contributed by atoms with Crippen LogP contribution in [0.4, 0.5) is 11.4 Å². The minimum atomic E-state index is -0.527. The summed E-state index contributed by atoms with van der Waals surface area (Å²) in [6.07, 6.45) is 1.49. The van der Waals surface area contributed by atoms with Gasteiger partial charge in [0.2, 0.25) is 0 Å². The van der Waals surface area contributed by atoms with Crippen molar-refractivity contribution in [1.29, 1.82) is 0 Å². The third-order valence-corrected chi connectivity index (χ3v) is 6.48. The second kappa shape index (κ2) is 11.1. The van der Waals surface area contributed by atoms with Crippen molar-refractivity contribution >= 4 is 46.9 Å². The molecular formula is C25H20ClN5O4S. The molecule has 11 heteroatoms. The van der Waals surface area contributed by atoms with E-state index in [9.17, 15) is 14.9 Å². The number of halogens is 1. The van der Waals surface area contributed by atoms with Crippen molar-refractivity contribution in [1.82, 2.24) is 14.8 Å². The molecule has 1 heterocycles. The molecule has 0 amide bonds. The lowest BCUT2D eigenvalue weighted by molar-refractivity contribution is -0.384. The highest BCUT2D eigenvalue weighted by Gasteiger charge is 2.18. The van der Waals surface area contributed by atoms with Crippen LogP contribution in [0, 0.1) is 10.1 Å². The molecule has 4 aromatic rings. The van der Waals surface area contributed by atoms with Gasteiger partial charge in [-0.3, -0.25) is 15.1 Å². The number of esters is 1. The number of hydrogen-bond donors (Lipinski definition) is 0. The van der Waals surface area contributed by atoms with Gasteiger partial charge >= 0.3 is 5.97 Å². The number of benzene rings is 3. The monoisotopic (exact) mass is 521 g/mol. The number of ether oxygens (including phenoxy) is 1. The molecule has 0 spiro atoms. The van der Waals surface area contributed by atoms with Crippen LogP contribution < -0.4 is 0 Å². The fourth-order valence-electron chi connectivity index (χ4n) is 3.44. The van der Waals surface area contributed by atoms with Gasteiger partial charge in [-0.1, -0.05) is 35.9 Å². The number of rotatable bonds is 8. The summed E-state index contributed by atoms with van der Waals surface area (Å²) >= 11 is 7.46. The Bertz CT molecular complexity index is 1470. The highest BCUT2D eigenvalue weighted by atomic mass is 35.5. The van der Waals surface area contributed by atoms with Crippen molar-refractivity contribution in [2.75, 3.05) is 7.11 Å². The molecule has 0 aliphatic rings. The van der Waals surface area contributed by atoms with Gasteiger partial charge in [0.25, 0.3) is 5.69 Å². The van der Waals surface area contributed by atoms with E-state index in [1.807, 2.05) is 29.7 Å². The molecule has 4 rings (SSSR count). The van der Waals surface area contributed by atoms with E-state index in [0.29, 0.717) is 38.7 Å². The molecule has 1 aromatic heterocycles. The van der Waals surface area contributed by atoms with Gasteiger partial charge in [0.1, 0.15) is 0 Å². The van der Waals surface area contributed by atoms with Gasteiger partial charge in [-0.25, -0.2) is 4.79 Å². The van der Waals surface area contributed by atoms with Gasteiger partial charge in [-0.2, -0.15) is 0 Å². The van der Waals surface area contributed by atoms with Crippen molar-refractivity contribution in [3.05, 3.63) is 93.0 Å². The number of carbonyl (C=O) groups excluding carboxylic acids is 1. The molecule has 0 N–H and O–H groups in total. The summed E-state index contributed by atoms with van der Waals surface area (Å²) in [5, 5.41) is 21.3. The lowest BCUT2D eigenvalue weighted by Gasteiger charge is -2.09. The molecule has 36 heavy (non-hydrogen) atoms. The van der Waals surface area contributed by atoms with Gasteiger partial charge in [0.05, 0.1) is 23.3 Å². The van der Waals surface area contributed by atoms with Crippen LogP contribution in [0.15, 0.2) is 81.8 Å². The molecule has 3 aromatic carbocycles. The number of hydrogen-bond acceptors (Lipinski definition) is 8. The number of para-hydroxylation sites is 1. The highest BCUT2D eigenvalue weighted by molar-refractivity contribution is 7.99. The maximum Gasteiger partial charge on any atom is 0.340 e. The zero-order chi connectivity index (χ0) is 25.7. The van der Waals surface area contributed by atoms with Crippen LogP contribution in [0.1, 0.15) is 22.8 Å². The van der Waals surface area contributed by atoms with Crippen LogP contribution in [0.3, 0.4) is 0 Å². The number of aromatic nitrogens is 3. The summed E-state index contributed by atoms with van der Waals surface area (Å²) in [6.45, 7) is 2.57. The second-order valence-corrected chi connectivity index (χ2v) is 8.85. The maximum absolute atomic E-state index is 12.1. The van der Waals surface area contributed by atoms with E-state index in [1.165, 1.54) is 37.2 Å². The van der Waals surface area contributed by atoms with Gasteiger partial charge in [-0.15, -0.1) is 10.2 Å². The minimum Gasteiger partial charge on any atom is -0.465 e. The van der Waals surface area contributed by atoms with Crippen LogP contribution in [0.5, 0.6) is 0 Å². The summed E-state index contributed by atoms with van der Waals surface area (Å²) in [6, 6.07) is 18.5. The molecule has 0 atom stereocenters. The lowest BCUT2D eigenvalue weighted by atomic mass is 10.1. The zero-order valence-corrected chi connectivity index (χ0v) is 20.9. The summed E-state index contributed by atoms with van der Waals surface area (Å²) < 4.78 is 6.76. The molecule has 182 valence electrons. The third kappa shape index (κ3) is 5.45. The first-order valence-corrected chi connectivity index (χ1v) is 12.0. The van der Waals surface area contributed by atoms with Gasteiger partial charge in [-0.05, 0) is 49.0 Å². The van der Waals surface area contributed by atoms with Gasteiger partial charge in [0.15, 0.2) is 11.0 Å². The van der Waals surface area contributed by atoms with Crippen LogP contribution in [-0.4, -0.2) is 39.0 Å². The largest absolute Gasteiger partial charge is 0.465 e. The van der Waals surface area contributed by atoms with Crippen molar-refractivity contribution < 1.29 is 14.5 Å². The SMILES string of the molecule is CCn1c(Sc2ccc([N+](=O)[O-])cc2C=Nc2ccccc2C(=O)OC)nnc1-c1cccc(Cl)c1. The van der Waals surface area contributed by atoms with Crippen molar-refractivity contribution in [2.24, 2.45) is 4.99 Å². The fourth-order valence-corrected chi connectivity index (χ4v) is 4.60. The minimum absolute atomic E-state index is 0.0846. The van der Waals surface area contributed by atoms with Crippen LogP contribution in [0.2, 0.25) is 5.02 Å². The first-order valence-electron chi connectivity index (χ1n) is 10.8. The Hall–Kier alpha value is -4.02. The second-order valence-electron chi connectivity index (χ2n) is 7.41. The zero-order valence-electron chi connectivity index (χ0n) is 19.3. The Kier molecular flexibility index (Phi) is 7.77. The average Bonchev–Trinajstić information content (AvgIpc) is 3.30. The van der Waals surface area contributed by atoms with Crippen LogP contribution >= 0.6 is 23.4 Å². The molecule has 0 bridgehead atoms. The van der Waals surface area contributed by atoms with Crippen molar-refractivity contribution in [2.45, 2.75) is 23.5 Å². The van der Waals surface area contributed by atoms with E-state index in [0.717, 1.165) is 5.56 Å². The molecule has 0 aliphatic carbocycles. The van der Waals surface area contributed by atoms with E-state index in [2.05, 4.69) is 15.2 Å². The predicted molar refractivity (Wildman–Crippen MR) is 138 cm³/mol. The average molecular weight is 522 g/mol. The van der Waals surface area contributed by atoms with E-state index < -0.39 is 10.9 Å². The quantitative estimate of drug-likeness (QED) is 0.117. The number of nitrogens with zero attached hydrogens (tertiary/aromatic N) is 5. The molecule has 0 fully saturated rings. The summed E-state index contributed by atoms with van der Waals surface area (Å²) in [7, 11) is 1.29. The van der Waals surface area contributed by atoms with Gasteiger partial charge < -0.3 is 9.30 Å². The molecule has 0 radical (unpaired) electrons. The van der Waals surface area contributed by atoms with Crippen LogP contribution in [-0.2, 0) is 11.3 Å². The van der Waals surface area contributed by atoms with Crippen molar-refractivity contribution in [3.63, 3.8) is 0 Å². The molecular weight excluding hydrogens is 502 g/mol. The first kappa shape index (κ1) is 25.1. The molecule has 0 aliphatic heterocycles. The Labute approximate surface area is 216 Å². The highest BCUT2D eigenvalue weighted by Crippen LogP contribution is 2.34. The first-order chi connectivity index (χ1) is 17.4. The maximum atomic E-state index is 12.1. The topological polar surface area (TPSA) is 113 Å². The van der Waals surface area contributed by atoms with Crippen molar-refractivity contribution in [3.8, 4) is 11.4 Å². The Morgan fingerprint density at radius 3 is 2.69 bits per heavy atom. The number of nitro groups is 1. The Balaban J connectivity index is 1.73. The molecule has 9 nitrogen and oxygen atoms in total. The van der Waals surface area contributed by atoms with E-state index in [-0.39, 0.29) is 11.3 Å². The van der Waals surface area contributed by atoms with E-state index in [4.69, 9.17) is 16.3 Å². The fraction of sp³-hybridized carbons (Fsp3) is 0.120. The smallest absolute Gasteiger partial charge is 0.340 e. The summed E-state index contributed by atoms with van der Waals surface area (Å²) in [5.41, 5.74) is 1.90. The summed E-state index contributed by atoms with van der Waals surface area (Å²) in [5.74, 6) is 0.132. The number of carbonyl (C=O) groups is 1. The normalized spacial score (nSPS) is 11.1. The number of methoxy groups -OCH3 is 1. The molecule has 0 saturated heterocycles. The molecule has 0 unspecified atom stereocenters. The third-order valence-electron chi connectivity index (χ3n) is 5.17. The van der Waals surface area contributed by atoms with E-state index in [1.54, 1.807) is 36.4 Å². The van der Waals surface area contributed by atoms with Crippen LogP contribution in [0.25, 0.3) is 11.4 Å². The van der Waals surface area contributed by atoms with Gasteiger partial charge in [0, 0.05) is 45.9 Å². The summed E-state index contributed by atoms with van der Waals surface area (Å²) in [4.78, 5) is 28.2. The Morgan fingerprint density at radius 2 is 1.97 bits per heavy atom.